The number of nitrogens with zero attached hydrogens (tertiary/aromatic N) is 2. The Hall–Kier alpha value is -0.910. The first-order valence-corrected chi connectivity index (χ1v) is 8.46. The van der Waals surface area contributed by atoms with Gasteiger partial charge in [0.25, 0.3) is 0 Å². The van der Waals surface area contributed by atoms with Crippen LogP contribution >= 0.6 is 11.3 Å². The highest BCUT2D eigenvalue weighted by Crippen LogP contribution is 2.29. The molecule has 0 bridgehead atoms. The smallest absolute Gasteiger partial charge is 0.223 e. The van der Waals surface area contributed by atoms with Crippen molar-refractivity contribution in [3.8, 4) is 0 Å². The third-order valence-corrected chi connectivity index (χ3v) is 4.95. The summed E-state index contributed by atoms with van der Waals surface area (Å²) >= 11 is 1.81. The van der Waals surface area contributed by atoms with Gasteiger partial charge in [-0.15, -0.1) is 11.3 Å². The van der Waals surface area contributed by atoms with Gasteiger partial charge in [-0.3, -0.25) is 9.69 Å². The van der Waals surface area contributed by atoms with Crippen molar-refractivity contribution in [3.63, 3.8) is 0 Å². The highest BCUT2D eigenvalue weighted by Gasteiger charge is 2.29. The van der Waals surface area contributed by atoms with Crippen molar-refractivity contribution in [3.05, 3.63) is 22.4 Å². The fourth-order valence-corrected chi connectivity index (χ4v) is 3.47. The standard InChI is InChI=1S/C15H23N3OS/c19-15(17-9-6-16-7-10-17)5-8-18(13-3-4-13)12-14-2-1-11-20-14/h1-2,11,13,16H,3-10,12H2. The zero-order chi connectivity index (χ0) is 13.8. The van der Waals surface area contributed by atoms with Crippen LogP contribution in [0.1, 0.15) is 24.1 Å². The van der Waals surface area contributed by atoms with Crippen LogP contribution < -0.4 is 5.32 Å². The zero-order valence-corrected chi connectivity index (χ0v) is 12.7. The van der Waals surface area contributed by atoms with Gasteiger partial charge in [0.05, 0.1) is 0 Å². The second-order valence-corrected chi connectivity index (χ2v) is 6.69. The number of carbonyl (C=O) groups is 1. The molecule has 4 nitrogen and oxygen atoms in total. The second-order valence-electron chi connectivity index (χ2n) is 5.66. The van der Waals surface area contributed by atoms with Gasteiger partial charge in [-0.1, -0.05) is 6.07 Å². The summed E-state index contributed by atoms with van der Waals surface area (Å²) in [5.41, 5.74) is 0. The molecule has 0 unspecified atom stereocenters. The molecule has 2 aliphatic rings. The molecule has 1 saturated heterocycles. The van der Waals surface area contributed by atoms with E-state index in [1.165, 1.54) is 17.7 Å². The Morgan fingerprint density at radius 3 is 2.85 bits per heavy atom. The third kappa shape index (κ3) is 3.81. The van der Waals surface area contributed by atoms with Crippen LogP contribution in [0.5, 0.6) is 0 Å². The van der Waals surface area contributed by atoms with E-state index in [0.29, 0.717) is 18.4 Å². The summed E-state index contributed by atoms with van der Waals surface area (Å²) < 4.78 is 0. The Kier molecular flexibility index (Phi) is 4.70. The summed E-state index contributed by atoms with van der Waals surface area (Å²) in [5.74, 6) is 0.323. The van der Waals surface area contributed by atoms with Gasteiger partial charge in [0, 0.05) is 56.6 Å². The molecule has 5 heteroatoms. The summed E-state index contributed by atoms with van der Waals surface area (Å²) in [6, 6.07) is 5.02. The lowest BCUT2D eigenvalue weighted by atomic mass is 10.2. The summed E-state index contributed by atoms with van der Waals surface area (Å²) in [7, 11) is 0. The van der Waals surface area contributed by atoms with E-state index in [9.17, 15) is 4.79 Å². The third-order valence-electron chi connectivity index (χ3n) is 4.08. The van der Waals surface area contributed by atoms with E-state index in [-0.39, 0.29) is 0 Å². The van der Waals surface area contributed by atoms with E-state index in [0.717, 1.165) is 39.3 Å². The average Bonchev–Trinajstić information content (AvgIpc) is 3.21. The molecule has 20 heavy (non-hydrogen) atoms. The first-order chi connectivity index (χ1) is 9.83. The van der Waals surface area contributed by atoms with Crippen LogP contribution in [0.2, 0.25) is 0 Å². The summed E-state index contributed by atoms with van der Waals surface area (Å²) in [6.07, 6.45) is 3.27. The van der Waals surface area contributed by atoms with Gasteiger partial charge < -0.3 is 10.2 Å². The monoisotopic (exact) mass is 293 g/mol. The van der Waals surface area contributed by atoms with Crippen molar-refractivity contribution in [1.82, 2.24) is 15.1 Å². The van der Waals surface area contributed by atoms with Crippen LogP contribution in [0.15, 0.2) is 17.5 Å². The fraction of sp³-hybridized carbons (Fsp3) is 0.667. The van der Waals surface area contributed by atoms with Crippen molar-refractivity contribution in [2.45, 2.75) is 31.8 Å². The van der Waals surface area contributed by atoms with E-state index < -0.39 is 0 Å². The molecule has 110 valence electrons. The Morgan fingerprint density at radius 1 is 1.40 bits per heavy atom. The number of hydrogen-bond donors (Lipinski definition) is 1. The lowest BCUT2D eigenvalue weighted by molar-refractivity contribution is -0.132. The van der Waals surface area contributed by atoms with Gasteiger partial charge in [-0.05, 0) is 24.3 Å². The minimum Gasteiger partial charge on any atom is -0.340 e. The highest BCUT2D eigenvalue weighted by molar-refractivity contribution is 7.09. The van der Waals surface area contributed by atoms with Gasteiger partial charge in [-0.25, -0.2) is 0 Å². The summed E-state index contributed by atoms with van der Waals surface area (Å²) in [5, 5.41) is 5.42. The number of piperazine rings is 1. The number of nitrogens with one attached hydrogen (secondary N) is 1. The predicted molar refractivity (Wildman–Crippen MR) is 81.8 cm³/mol. The van der Waals surface area contributed by atoms with Crippen molar-refractivity contribution in [1.29, 1.82) is 0 Å². The van der Waals surface area contributed by atoms with Crippen LogP contribution in [-0.4, -0.2) is 54.5 Å². The molecule has 0 spiro atoms. The van der Waals surface area contributed by atoms with Crippen LogP contribution in [0.25, 0.3) is 0 Å². The second kappa shape index (κ2) is 6.70. The maximum atomic E-state index is 12.2. The highest BCUT2D eigenvalue weighted by atomic mass is 32.1. The molecule has 1 amide bonds. The number of thiophene rings is 1. The Balaban J connectivity index is 1.48. The fourth-order valence-electron chi connectivity index (χ4n) is 2.74. The molecule has 2 fully saturated rings. The van der Waals surface area contributed by atoms with E-state index in [1.807, 2.05) is 16.2 Å². The van der Waals surface area contributed by atoms with Crippen LogP contribution in [0.4, 0.5) is 0 Å². The minimum atomic E-state index is 0.323. The molecule has 1 aliphatic carbocycles. The number of hydrogen-bond acceptors (Lipinski definition) is 4. The van der Waals surface area contributed by atoms with Crippen molar-refractivity contribution in [2.75, 3.05) is 32.7 Å². The van der Waals surface area contributed by atoms with Gasteiger partial charge in [0.1, 0.15) is 0 Å². The molecule has 1 aromatic heterocycles. The zero-order valence-electron chi connectivity index (χ0n) is 11.9. The molecule has 0 atom stereocenters. The number of rotatable bonds is 6. The lowest BCUT2D eigenvalue weighted by Gasteiger charge is -2.29. The van der Waals surface area contributed by atoms with Gasteiger partial charge in [0.2, 0.25) is 5.91 Å². The van der Waals surface area contributed by atoms with Crippen molar-refractivity contribution < 1.29 is 4.79 Å². The Bertz CT molecular complexity index is 424. The van der Waals surface area contributed by atoms with E-state index >= 15 is 0 Å². The van der Waals surface area contributed by atoms with E-state index in [1.54, 1.807) is 0 Å². The van der Waals surface area contributed by atoms with Crippen LogP contribution in [-0.2, 0) is 11.3 Å². The van der Waals surface area contributed by atoms with Gasteiger partial charge in [0.15, 0.2) is 0 Å². The topological polar surface area (TPSA) is 35.6 Å². The first-order valence-electron chi connectivity index (χ1n) is 7.58. The normalized spacial score (nSPS) is 19.6. The average molecular weight is 293 g/mol. The maximum absolute atomic E-state index is 12.2. The van der Waals surface area contributed by atoms with Gasteiger partial charge >= 0.3 is 0 Å². The molecule has 1 aliphatic heterocycles. The lowest BCUT2D eigenvalue weighted by Crippen LogP contribution is -2.47. The molecule has 0 aromatic carbocycles. The summed E-state index contributed by atoms with van der Waals surface area (Å²) in [6.45, 7) is 5.53. The molecule has 0 radical (unpaired) electrons. The van der Waals surface area contributed by atoms with E-state index in [2.05, 4.69) is 27.7 Å². The molecule has 1 aromatic rings. The Labute approximate surface area is 124 Å². The quantitative estimate of drug-likeness (QED) is 0.864. The van der Waals surface area contributed by atoms with Crippen molar-refractivity contribution >= 4 is 17.2 Å². The molecular weight excluding hydrogens is 270 g/mol. The molecule has 1 N–H and O–H groups in total. The summed E-state index contributed by atoms with van der Waals surface area (Å²) in [4.78, 5) is 18.1. The minimum absolute atomic E-state index is 0.323. The van der Waals surface area contributed by atoms with E-state index in [4.69, 9.17) is 0 Å². The molecular formula is C15H23N3OS. The molecule has 1 saturated carbocycles. The van der Waals surface area contributed by atoms with Crippen LogP contribution in [0, 0.1) is 0 Å². The number of amides is 1. The SMILES string of the molecule is O=C(CCN(Cc1cccs1)C1CC1)N1CCNCC1. The van der Waals surface area contributed by atoms with Crippen molar-refractivity contribution in [2.24, 2.45) is 0 Å². The first kappa shape index (κ1) is 14.0. The van der Waals surface area contributed by atoms with Gasteiger partial charge in [-0.2, -0.15) is 0 Å². The number of carbonyl (C=O) groups excluding carboxylic acids is 1. The molecule has 3 rings (SSSR count). The molecule has 2 heterocycles. The largest absolute Gasteiger partial charge is 0.340 e. The maximum Gasteiger partial charge on any atom is 0.223 e. The Morgan fingerprint density at radius 2 is 2.20 bits per heavy atom. The predicted octanol–water partition coefficient (Wildman–Crippen LogP) is 1.53. The van der Waals surface area contributed by atoms with Crippen LogP contribution in [0.3, 0.4) is 0 Å².